The fraction of sp³-hybridized carbons (Fsp3) is 0.625. The van der Waals surface area contributed by atoms with Gasteiger partial charge in [-0.15, -0.1) is 11.3 Å². The largest absolute Gasteiger partial charge is 0.396 e. The Balaban J connectivity index is 2.11. The first-order valence-electron chi connectivity index (χ1n) is 4.01. The minimum absolute atomic E-state index is 0.240. The van der Waals surface area contributed by atoms with Crippen LogP contribution in [0.5, 0.6) is 0 Å². The van der Waals surface area contributed by atoms with Crippen molar-refractivity contribution in [2.45, 2.75) is 13.5 Å². The van der Waals surface area contributed by atoms with Crippen LogP contribution in [0.2, 0.25) is 0 Å². The third-order valence-electron chi connectivity index (χ3n) is 1.59. The number of nitrogens with one attached hydrogen (secondary N) is 1. The zero-order valence-electron chi connectivity index (χ0n) is 7.16. The molecule has 0 radical (unpaired) electrons. The number of aliphatic hydroxyl groups is 1. The predicted octanol–water partition coefficient (Wildman–Crippen LogP) is 0.861. The van der Waals surface area contributed by atoms with Crippen LogP contribution >= 0.6 is 11.3 Å². The van der Waals surface area contributed by atoms with Gasteiger partial charge in [0.05, 0.1) is 11.2 Å². The standard InChI is InChI=1S/C8H14N2OS/c1-7(4-11)2-9-3-8-5-12-6-10-8/h5-7,9,11H,2-4H2,1H3. The molecule has 0 aliphatic carbocycles. The van der Waals surface area contributed by atoms with Crippen LogP contribution < -0.4 is 5.32 Å². The van der Waals surface area contributed by atoms with E-state index < -0.39 is 0 Å². The number of aromatic nitrogens is 1. The van der Waals surface area contributed by atoms with Crippen LogP contribution in [-0.2, 0) is 6.54 Å². The molecule has 0 aliphatic rings. The molecule has 0 aromatic carbocycles. The number of hydrogen-bond donors (Lipinski definition) is 2. The normalized spacial score (nSPS) is 13.2. The minimum Gasteiger partial charge on any atom is -0.396 e. The molecule has 1 aromatic heterocycles. The summed E-state index contributed by atoms with van der Waals surface area (Å²) in [5.41, 5.74) is 2.90. The molecule has 1 aromatic rings. The Morgan fingerprint density at radius 3 is 3.17 bits per heavy atom. The Kier molecular flexibility index (Phi) is 4.21. The van der Waals surface area contributed by atoms with E-state index in [1.165, 1.54) is 0 Å². The van der Waals surface area contributed by atoms with Crippen molar-refractivity contribution in [3.05, 3.63) is 16.6 Å². The van der Waals surface area contributed by atoms with Gasteiger partial charge in [0.1, 0.15) is 0 Å². The number of nitrogens with zero attached hydrogens (tertiary/aromatic N) is 1. The molecule has 0 saturated carbocycles. The first kappa shape index (κ1) is 9.64. The van der Waals surface area contributed by atoms with E-state index in [0.29, 0.717) is 5.92 Å². The number of thiazole rings is 1. The lowest BCUT2D eigenvalue weighted by molar-refractivity contribution is 0.233. The summed E-state index contributed by atoms with van der Waals surface area (Å²) in [6.45, 7) is 3.89. The van der Waals surface area contributed by atoms with E-state index in [2.05, 4.69) is 10.3 Å². The monoisotopic (exact) mass is 186 g/mol. The quantitative estimate of drug-likeness (QED) is 0.717. The van der Waals surface area contributed by atoms with Gasteiger partial charge >= 0.3 is 0 Å². The van der Waals surface area contributed by atoms with Crippen LogP contribution in [0.15, 0.2) is 10.9 Å². The van der Waals surface area contributed by atoms with E-state index in [1.807, 2.05) is 17.8 Å². The van der Waals surface area contributed by atoms with Gasteiger partial charge in [0.25, 0.3) is 0 Å². The van der Waals surface area contributed by atoms with Gasteiger partial charge in [-0.25, -0.2) is 4.98 Å². The van der Waals surface area contributed by atoms with Crippen LogP contribution in [-0.4, -0.2) is 23.2 Å². The molecule has 1 heterocycles. The van der Waals surface area contributed by atoms with Crippen molar-refractivity contribution >= 4 is 11.3 Å². The van der Waals surface area contributed by atoms with E-state index in [4.69, 9.17) is 5.11 Å². The van der Waals surface area contributed by atoms with E-state index in [1.54, 1.807) is 11.3 Å². The van der Waals surface area contributed by atoms with Gasteiger partial charge in [-0.05, 0) is 5.92 Å². The van der Waals surface area contributed by atoms with Crippen molar-refractivity contribution in [3.63, 3.8) is 0 Å². The molecule has 12 heavy (non-hydrogen) atoms. The summed E-state index contributed by atoms with van der Waals surface area (Å²) in [5, 5.41) is 14.0. The van der Waals surface area contributed by atoms with Gasteiger partial charge < -0.3 is 10.4 Å². The summed E-state index contributed by atoms with van der Waals surface area (Å²) in [6.07, 6.45) is 0. The zero-order valence-corrected chi connectivity index (χ0v) is 7.97. The highest BCUT2D eigenvalue weighted by atomic mass is 32.1. The maximum absolute atomic E-state index is 8.74. The molecule has 0 aliphatic heterocycles. The Bertz CT molecular complexity index is 201. The Labute approximate surface area is 76.5 Å². The molecule has 0 spiro atoms. The Morgan fingerprint density at radius 2 is 2.58 bits per heavy atom. The molecular formula is C8H14N2OS. The fourth-order valence-corrected chi connectivity index (χ4v) is 1.39. The Hall–Kier alpha value is -0.450. The summed E-state index contributed by atoms with van der Waals surface area (Å²) in [4.78, 5) is 4.13. The summed E-state index contributed by atoms with van der Waals surface area (Å²) < 4.78 is 0. The van der Waals surface area contributed by atoms with Gasteiger partial charge in [0, 0.05) is 25.1 Å². The third-order valence-corrected chi connectivity index (χ3v) is 2.23. The topological polar surface area (TPSA) is 45.1 Å². The van der Waals surface area contributed by atoms with Crippen molar-refractivity contribution in [2.75, 3.05) is 13.2 Å². The second-order valence-corrected chi connectivity index (χ2v) is 3.62. The van der Waals surface area contributed by atoms with E-state index >= 15 is 0 Å². The molecule has 4 heteroatoms. The number of rotatable bonds is 5. The van der Waals surface area contributed by atoms with Gasteiger partial charge in [-0.2, -0.15) is 0 Å². The summed E-state index contributed by atoms with van der Waals surface area (Å²) in [5.74, 6) is 0.323. The highest BCUT2D eigenvalue weighted by Crippen LogP contribution is 2.00. The van der Waals surface area contributed by atoms with Crippen molar-refractivity contribution in [1.82, 2.24) is 10.3 Å². The molecule has 0 amide bonds. The molecule has 1 rings (SSSR count). The van der Waals surface area contributed by atoms with Gasteiger partial charge in [-0.3, -0.25) is 0 Å². The molecule has 2 N–H and O–H groups in total. The highest BCUT2D eigenvalue weighted by Gasteiger charge is 1.99. The van der Waals surface area contributed by atoms with E-state index in [9.17, 15) is 0 Å². The first-order chi connectivity index (χ1) is 5.83. The third kappa shape index (κ3) is 3.30. The predicted molar refractivity (Wildman–Crippen MR) is 50.1 cm³/mol. The van der Waals surface area contributed by atoms with Crippen LogP contribution in [0.4, 0.5) is 0 Å². The van der Waals surface area contributed by atoms with Crippen molar-refractivity contribution in [3.8, 4) is 0 Å². The average Bonchev–Trinajstić information content (AvgIpc) is 2.57. The van der Waals surface area contributed by atoms with E-state index in [-0.39, 0.29) is 6.61 Å². The van der Waals surface area contributed by atoms with Crippen molar-refractivity contribution < 1.29 is 5.11 Å². The summed E-state index contributed by atoms with van der Waals surface area (Å²) in [6, 6.07) is 0. The first-order valence-corrected chi connectivity index (χ1v) is 4.96. The van der Waals surface area contributed by atoms with Gasteiger partial charge in [-0.1, -0.05) is 6.92 Å². The lowest BCUT2D eigenvalue weighted by atomic mass is 10.2. The lowest BCUT2D eigenvalue weighted by Crippen LogP contribution is -2.22. The molecule has 0 saturated heterocycles. The highest BCUT2D eigenvalue weighted by molar-refractivity contribution is 7.07. The second kappa shape index (κ2) is 5.24. The summed E-state index contributed by atoms with van der Waals surface area (Å²) in [7, 11) is 0. The van der Waals surface area contributed by atoms with Crippen LogP contribution in [0.25, 0.3) is 0 Å². The second-order valence-electron chi connectivity index (χ2n) is 2.90. The lowest BCUT2D eigenvalue weighted by Gasteiger charge is -2.07. The number of aliphatic hydroxyl groups excluding tert-OH is 1. The van der Waals surface area contributed by atoms with Crippen LogP contribution in [0.3, 0.4) is 0 Å². The van der Waals surface area contributed by atoms with Crippen molar-refractivity contribution in [2.24, 2.45) is 5.92 Å². The van der Waals surface area contributed by atoms with Gasteiger partial charge in [0.15, 0.2) is 0 Å². The van der Waals surface area contributed by atoms with Crippen LogP contribution in [0, 0.1) is 5.92 Å². The molecule has 3 nitrogen and oxygen atoms in total. The zero-order chi connectivity index (χ0) is 8.81. The molecule has 1 unspecified atom stereocenters. The maximum atomic E-state index is 8.74. The molecule has 0 fully saturated rings. The van der Waals surface area contributed by atoms with E-state index in [0.717, 1.165) is 18.8 Å². The van der Waals surface area contributed by atoms with Crippen molar-refractivity contribution in [1.29, 1.82) is 0 Å². The van der Waals surface area contributed by atoms with Crippen LogP contribution in [0.1, 0.15) is 12.6 Å². The minimum atomic E-state index is 0.240. The molecule has 1 atom stereocenters. The van der Waals surface area contributed by atoms with Gasteiger partial charge in [0.2, 0.25) is 0 Å². The number of hydrogen-bond acceptors (Lipinski definition) is 4. The SMILES string of the molecule is CC(CO)CNCc1cscn1. The molecule has 68 valence electrons. The average molecular weight is 186 g/mol. The smallest absolute Gasteiger partial charge is 0.0795 e. The summed E-state index contributed by atoms with van der Waals surface area (Å²) >= 11 is 1.60. The molecule has 0 bridgehead atoms. The molecular weight excluding hydrogens is 172 g/mol. The maximum Gasteiger partial charge on any atom is 0.0795 e. The fourth-order valence-electron chi connectivity index (χ4n) is 0.836. The Morgan fingerprint density at radius 1 is 1.75 bits per heavy atom.